The molecule has 0 bridgehead atoms. The highest BCUT2D eigenvalue weighted by Gasteiger charge is 2.34. The summed E-state index contributed by atoms with van der Waals surface area (Å²) in [6, 6.07) is 144. The Morgan fingerprint density at radius 2 is 0.268 bits per heavy atom. The Labute approximate surface area is 810 Å². The van der Waals surface area contributed by atoms with Gasteiger partial charge in [-0.15, -0.1) is 0 Å². The van der Waals surface area contributed by atoms with Gasteiger partial charge in [0, 0.05) is 0 Å². The summed E-state index contributed by atoms with van der Waals surface area (Å²) < 4.78 is 0. The normalized spacial score (nSPS) is 13.0. The van der Waals surface area contributed by atoms with Crippen LogP contribution in [-0.2, 0) is 32.5 Å². The number of hydrogen-bond donors (Lipinski definition) is 0. The minimum Gasteiger partial charge on any atom is -0.0622 e. The van der Waals surface area contributed by atoms with Crippen molar-refractivity contribution < 1.29 is 0 Å². The van der Waals surface area contributed by atoms with Crippen LogP contribution in [0.5, 0.6) is 0 Å². The van der Waals surface area contributed by atoms with Gasteiger partial charge in [0.2, 0.25) is 0 Å². The summed E-state index contributed by atoms with van der Waals surface area (Å²) >= 11 is 0. The molecule has 0 atom stereocenters. The number of fused-ring (bicyclic) bond motifs is 12. The lowest BCUT2D eigenvalue weighted by Crippen LogP contribution is -2.12. The van der Waals surface area contributed by atoms with E-state index in [1.54, 1.807) is 0 Å². The van der Waals surface area contributed by atoms with E-state index in [1.807, 2.05) is 0 Å². The van der Waals surface area contributed by atoms with Crippen LogP contribution in [0.4, 0.5) is 0 Å². The maximum absolute atomic E-state index is 2.60. The largest absolute Gasteiger partial charge is 0.0622 e. The SMILES string of the molecule is CC(C)(C)c1cc2ccc3cc(C(C)(C)C)cc4c5c(-c6ccccc6)c6cc(-c7cc(-c8ccc9c(-c%10ccccc%10)c%10c%11cc(C(C)(C)C)cc%12ccc%13cc(C(C)(C)C)cc(c%10c(-c%10ccccc%10)c9c8)c%13c%12%11)cc(-c8ccc9c(-c%10ccccc%10)c%10c%11cc(C(C)(C)C)cc%12ccc%13cc(C(C)(C)C)cc(c%10c(-c%10ccccc%10)c9c8)c%13c%12%11)c7)ccc6c(-c6ccccc6)c5c(c1)c2c34. The summed E-state index contributed by atoms with van der Waals surface area (Å²) in [6.07, 6.45) is 0. The summed E-state index contributed by atoms with van der Waals surface area (Å²) in [5.41, 5.74) is 28.5. The minimum absolute atomic E-state index is 0.136. The van der Waals surface area contributed by atoms with Crippen molar-refractivity contribution in [2.75, 3.05) is 0 Å². The first kappa shape index (κ1) is 84.9. The average Bonchev–Trinajstić information content (AvgIpc) is 0.692. The third-order valence-electron chi connectivity index (χ3n) is 31.1. The summed E-state index contributed by atoms with van der Waals surface area (Å²) in [5, 5.41) is 38.4. The van der Waals surface area contributed by atoms with Crippen molar-refractivity contribution in [2.45, 2.75) is 157 Å². The van der Waals surface area contributed by atoms with Crippen molar-refractivity contribution >= 4 is 162 Å². The second-order valence-corrected chi connectivity index (χ2v) is 46.2. The fraction of sp³-hybridized carbons (Fsp3) is 0.174. The standard InChI is InChI=1S/C138H114/c1-133(2,3)97-64-88-49-52-91-67-100(136(10,11)12)76-112-124(91)121(88)109(73-97)127-115(79-37-25-19-26-38-79)103-58-55-85(70-106(103)118(130(112)127)82-43-31-22-32-44-82)94-61-95(86-56-59-104-107(71-86)119(83-45-33-23-34-46-83)131-113-77-101(137(13,14)15)68-92-53-50-89-65-98(134(4,5)6)74-110(122(89)125(92)113)128(131)116(104)80-39-27-20-28-40-80)63-96(62-94)87-57-60-105-108(72-87)120(84-47-35-24-36-48-84)132-114-78-102(138(16,17)18)69-93-54-51-90-66-99(135(7,8)9)75-111(123(90)126(93)114)129(132)117(105)81-41-29-21-30-42-81/h19-78H,1-18H3. The van der Waals surface area contributed by atoms with Gasteiger partial charge in [0.15, 0.2) is 0 Å². The van der Waals surface area contributed by atoms with Gasteiger partial charge in [-0.3, -0.25) is 0 Å². The molecule has 25 rings (SSSR count). The van der Waals surface area contributed by atoms with E-state index in [9.17, 15) is 0 Å². The highest BCUT2D eigenvalue weighted by molar-refractivity contribution is 6.45. The molecule has 0 saturated carbocycles. The van der Waals surface area contributed by atoms with E-state index in [-0.39, 0.29) is 32.5 Å². The van der Waals surface area contributed by atoms with Crippen LogP contribution < -0.4 is 0 Å². The van der Waals surface area contributed by atoms with E-state index in [0.717, 1.165) is 33.4 Å². The van der Waals surface area contributed by atoms with Gasteiger partial charge >= 0.3 is 0 Å². The fourth-order valence-electron chi connectivity index (χ4n) is 23.9. The zero-order valence-corrected chi connectivity index (χ0v) is 82.6. The van der Waals surface area contributed by atoms with Crippen LogP contribution in [0.1, 0.15) is 158 Å². The van der Waals surface area contributed by atoms with Crippen LogP contribution >= 0.6 is 0 Å². The molecule has 0 heterocycles. The molecule has 0 aliphatic heterocycles. The van der Waals surface area contributed by atoms with Crippen LogP contribution in [0.25, 0.3) is 262 Å². The first-order chi connectivity index (χ1) is 66.2. The van der Waals surface area contributed by atoms with E-state index in [2.05, 4.69) is 489 Å². The van der Waals surface area contributed by atoms with Crippen LogP contribution in [0.2, 0.25) is 0 Å². The molecule has 0 nitrogen and oxygen atoms in total. The molecule has 0 unspecified atom stereocenters. The summed E-state index contributed by atoms with van der Waals surface area (Å²) in [7, 11) is 0. The molecule has 0 heteroatoms. The minimum atomic E-state index is -0.154. The summed E-state index contributed by atoms with van der Waals surface area (Å²) in [5.74, 6) is 0. The van der Waals surface area contributed by atoms with Crippen LogP contribution in [0.3, 0.4) is 0 Å². The molecule has 0 spiro atoms. The van der Waals surface area contributed by atoms with Gasteiger partial charge in [-0.25, -0.2) is 0 Å². The molecule has 0 fully saturated rings. The Kier molecular flexibility index (Phi) is 18.7. The van der Waals surface area contributed by atoms with Gasteiger partial charge in [-0.05, 0) is 400 Å². The average molecular weight is 1770 g/mol. The monoisotopic (exact) mass is 1770 g/mol. The molecule has 0 aliphatic rings. The summed E-state index contributed by atoms with van der Waals surface area (Å²) in [6.45, 7) is 42.8. The van der Waals surface area contributed by atoms with E-state index in [0.29, 0.717) is 0 Å². The van der Waals surface area contributed by atoms with Gasteiger partial charge in [-0.2, -0.15) is 0 Å². The first-order valence-electron chi connectivity index (χ1n) is 49.8. The predicted molar refractivity (Wildman–Crippen MR) is 604 cm³/mol. The lowest BCUT2D eigenvalue weighted by molar-refractivity contribution is 0.591. The van der Waals surface area contributed by atoms with Crippen LogP contribution in [0.15, 0.2) is 364 Å². The Balaban J connectivity index is 0.852. The predicted octanol–water partition coefficient (Wildman–Crippen LogP) is 40.1. The second-order valence-electron chi connectivity index (χ2n) is 46.2. The molecule has 0 aromatic heterocycles. The summed E-state index contributed by atoms with van der Waals surface area (Å²) in [4.78, 5) is 0. The van der Waals surface area contributed by atoms with E-state index in [1.165, 1.54) is 262 Å². The van der Waals surface area contributed by atoms with Crippen LogP contribution in [-0.4, -0.2) is 0 Å². The van der Waals surface area contributed by atoms with Crippen molar-refractivity contribution in [1.82, 2.24) is 0 Å². The quantitative estimate of drug-likeness (QED) is 0.0998. The number of benzene rings is 25. The maximum Gasteiger partial charge on any atom is -0.000730 e. The van der Waals surface area contributed by atoms with Crippen molar-refractivity contribution in [3.8, 4) is 100 Å². The molecular weight excluding hydrogens is 1660 g/mol. The molecule has 25 aromatic carbocycles. The second kappa shape index (κ2) is 30.3. The molecular formula is C138H114. The van der Waals surface area contributed by atoms with Gasteiger partial charge < -0.3 is 0 Å². The zero-order valence-electron chi connectivity index (χ0n) is 82.6. The molecule has 666 valence electrons. The maximum atomic E-state index is 2.60. The van der Waals surface area contributed by atoms with Gasteiger partial charge in [0.25, 0.3) is 0 Å². The lowest BCUT2D eigenvalue weighted by Gasteiger charge is -2.27. The first-order valence-corrected chi connectivity index (χ1v) is 49.8. The molecule has 0 N–H and O–H groups in total. The Morgan fingerprint density at radius 3 is 0.428 bits per heavy atom. The van der Waals surface area contributed by atoms with E-state index < -0.39 is 0 Å². The Morgan fingerprint density at radius 1 is 0.109 bits per heavy atom. The van der Waals surface area contributed by atoms with Crippen molar-refractivity contribution in [3.63, 3.8) is 0 Å². The van der Waals surface area contributed by atoms with Crippen LogP contribution in [0, 0.1) is 0 Å². The highest BCUT2D eigenvalue weighted by Crippen LogP contribution is 2.60. The number of rotatable bonds is 9. The smallest absolute Gasteiger partial charge is 0.000730 e. The van der Waals surface area contributed by atoms with Crippen molar-refractivity contribution in [2.24, 2.45) is 0 Å². The van der Waals surface area contributed by atoms with Gasteiger partial charge in [-0.1, -0.05) is 416 Å². The van der Waals surface area contributed by atoms with Crippen molar-refractivity contribution in [1.29, 1.82) is 0 Å². The Bertz CT molecular complexity index is 8510. The third kappa shape index (κ3) is 13.3. The lowest BCUT2D eigenvalue weighted by atomic mass is 9.76. The molecule has 0 radical (unpaired) electrons. The van der Waals surface area contributed by atoms with Gasteiger partial charge in [0.05, 0.1) is 0 Å². The molecule has 25 aromatic rings. The highest BCUT2D eigenvalue weighted by atomic mass is 14.4. The number of hydrogen-bond acceptors (Lipinski definition) is 0. The van der Waals surface area contributed by atoms with Gasteiger partial charge in [0.1, 0.15) is 0 Å². The molecule has 0 amide bonds. The van der Waals surface area contributed by atoms with E-state index >= 15 is 0 Å². The Hall–Kier alpha value is -14.8. The molecule has 138 heavy (non-hydrogen) atoms. The van der Waals surface area contributed by atoms with Crippen molar-refractivity contribution in [3.05, 3.63) is 397 Å². The third-order valence-corrected chi connectivity index (χ3v) is 31.1. The molecule has 0 aliphatic carbocycles. The topological polar surface area (TPSA) is 0 Å². The zero-order chi connectivity index (χ0) is 94.6. The fourth-order valence-corrected chi connectivity index (χ4v) is 23.9. The van der Waals surface area contributed by atoms with E-state index in [4.69, 9.17) is 0 Å². The molecule has 0 saturated heterocycles.